The fourth-order valence-corrected chi connectivity index (χ4v) is 2.07. The van der Waals surface area contributed by atoms with Crippen LogP contribution in [0.4, 0.5) is 4.79 Å². The maximum absolute atomic E-state index is 11.8. The van der Waals surface area contributed by atoms with Gasteiger partial charge < -0.3 is 15.3 Å². The number of urea groups is 1. The van der Waals surface area contributed by atoms with Gasteiger partial charge in [0, 0.05) is 19.0 Å². The lowest BCUT2D eigenvalue weighted by Gasteiger charge is -2.27. The molecule has 1 fully saturated rings. The maximum Gasteiger partial charge on any atom is 0.323 e. The lowest BCUT2D eigenvalue weighted by atomic mass is 10.2. The van der Waals surface area contributed by atoms with Gasteiger partial charge in [-0.2, -0.15) is 0 Å². The third-order valence-electron chi connectivity index (χ3n) is 2.88. The zero-order chi connectivity index (χ0) is 12.7. The first-order valence-electron chi connectivity index (χ1n) is 5.85. The van der Waals surface area contributed by atoms with Crippen LogP contribution < -0.4 is 5.32 Å². The molecule has 94 valence electrons. The molecule has 0 atom stereocenters. The predicted molar refractivity (Wildman–Crippen MR) is 63.4 cm³/mol. The van der Waals surface area contributed by atoms with Gasteiger partial charge in [0.25, 0.3) is 0 Å². The van der Waals surface area contributed by atoms with Crippen molar-refractivity contribution in [3.8, 4) is 12.3 Å². The van der Waals surface area contributed by atoms with E-state index in [1.54, 1.807) is 0 Å². The van der Waals surface area contributed by atoms with Crippen molar-refractivity contribution in [3.05, 3.63) is 0 Å². The molecule has 0 unspecified atom stereocenters. The fraction of sp³-hybridized carbons (Fsp3) is 0.667. The van der Waals surface area contributed by atoms with E-state index in [1.165, 1.54) is 4.90 Å². The predicted octanol–water partition coefficient (Wildman–Crippen LogP) is 1.05. The van der Waals surface area contributed by atoms with Gasteiger partial charge in [0.1, 0.15) is 6.54 Å². The fourth-order valence-electron chi connectivity index (χ4n) is 2.07. The number of carboxylic acid groups (broad SMARTS) is 1. The van der Waals surface area contributed by atoms with Crippen LogP contribution >= 0.6 is 0 Å². The Balaban J connectivity index is 2.52. The van der Waals surface area contributed by atoms with Crippen LogP contribution in [0.5, 0.6) is 0 Å². The summed E-state index contributed by atoms with van der Waals surface area (Å²) in [5.41, 5.74) is 0. The van der Waals surface area contributed by atoms with Gasteiger partial charge in [0.2, 0.25) is 0 Å². The Morgan fingerprint density at radius 2 is 2.06 bits per heavy atom. The molecular weight excluding hydrogens is 220 g/mol. The SMILES string of the molecule is C#CCCNC(=O)N(CC(=O)O)C1CCCC1. The lowest BCUT2D eigenvalue weighted by molar-refractivity contribution is -0.138. The zero-order valence-electron chi connectivity index (χ0n) is 9.82. The average Bonchev–Trinajstić information content (AvgIpc) is 2.79. The summed E-state index contributed by atoms with van der Waals surface area (Å²) in [7, 11) is 0. The van der Waals surface area contributed by atoms with E-state index < -0.39 is 5.97 Å². The normalized spacial score (nSPS) is 15.2. The number of hydrogen-bond acceptors (Lipinski definition) is 2. The van der Waals surface area contributed by atoms with E-state index in [9.17, 15) is 9.59 Å². The largest absolute Gasteiger partial charge is 0.480 e. The van der Waals surface area contributed by atoms with Gasteiger partial charge in [-0.05, 0) is 12.8 Å². The van der Waals surface area contributed by atoms with E-state index in [1.807, 2.05) is 0 Å². The third kappa shape index (κ3) is 4.35. The van der Waals surface area contributed by atoms with E-state index in [0.29, 0.717) is 13.0 Å². The molecule has 0 aromatic heterocycles. The van der Waals surface area contributed by atoms with Crippen LogP contribution in [0, 0.1) is 12.3 Å². The van der Waals surface area contributed by atoms with Crippen LogP contribution in [0.15, 0.2) is 0 Å². The summed E-state index contributed by atoms with van der Waals surface area (Å²) in [4.78, 5) is 24.0. The second-order valence-electron chi connectivity index (χ2n) is 4.15. The maximum atomic E-state index is 11.8. The van der Waals surface area contributed by atoms with Crippen LogP contribution in [-0.4, -0.2) is 41.1 Å². The second-order valence-corrected chi connectivity index (χ2v) is 4.15. The lowest BCUT2D eigenvalue weighted by Crippen LogP contribution is -2.47. The highest BCUT2D eigenvalue weighted by molar-refractivity contribution is 5.80. The Bertz CT molecular complexity index is 316. The summed E-state index contributed by atoms with van der Waals surface area (Å²) < 4.78 is 0. The van der Waals surface area contributed by atoms with Gasteiger partial charge in [-0.1, -0.05) is 12.8 Å². The van der Waals surface area contributed by atoms with Crippen molar-refractivity contribution >= 4 is 12.0 Å². The van der Waals surface area contributed by atoms with Gasteiger partial charge in [-0.25, -0.2) is 4.79 Å². The van der Waals surface area contributed by atoms with E-state index in [4.69, 9.17) is 11.5 Å². The molecule has 0 aromatic carbocycles. The molecule has 2 N–H and O–H groups in total. The van der Waals surface area contributed by atoms with Crippen LogP contribution in [0.25, 0.3) is 0 Å². The van der Waals surface area contributed by atoms with Gasteiger partial charge in [-0.15, -0.1) is 12.3 Å². The Morgan fingerprint density at radius 1 is 1.41 bits per heavy atom. The Morgan fingerprint density at radius 3 is 2.59 bits per heavy atom. The Hall–Kier alpha value is -1.70. The summed E-state index contributed by atoms with van der Waals surface area (Å²) in [6.45, 7) is 0.144. The summed E-state index contributed by atoms with van der Waals surface area (Å²) in [6.07, 6.45) is 9.42. The Labute approximate surface area is 101 Å². The molecule has 0 saturated heterocycles. The van der Waals surface area contributed by atoms with Crippen molar-refractivity contribution in [3.63, 3.8) is 0 Å². The molecule has 0 heterocycles. The average molecular weight is 238 g/mol. The van der Waals surface area contributed by atoms with E-state index >= 15 is 0 Å². The molecular formula is C12H18N2O3. The van der Waals surface area contributed by atoms with Gasteiger partial charge in [-0.3, -0.25) is 4.79 Å². The number of aliphatic carboxylic acids is 1. The first kappa shape index (κ1) is 13.4. The molecule has 1 saturated carbocycles. The summed E-state index contributed by atoms with van der Waals surface area (Å²) in [5.74, 6) is 1.44. The first-order chi connectivity index (χ1) is 8.15. The number of carbonyl (C=O) groups excluding carboxylic acids is 1. The molecule has 5 heteroatoms. The van der Waals surface area contributed by atoms with Crippen molar-refractivity contribution in [2.75, 3.05) is 13.1 Å². The molecule has 17 heavy (non-hydrogen) atoms. The quantitative estimate of drug-likeness (QED) is 0.555. The van der Waals surface area contributed by atoms with Crippen LogP contribution in [0.2, 0.25) is 0 Å². The monoisotopic (exact) mass is 238 g/mol. The molecule has 1 aliphatic rings. The van der Waals surface area contributed by atoms with Crippen molar-refractivity contribution in [2.24, 2.45) is 0 Å². The number of carbonyl (C=O) groups is 2. The van der Waals surface area contributed by atoms with Crippen molar-refractivity contribution in [1.82, 2.24) is 10.2 Å². The number of nitrogens with one attached hydrogen (secondary N) is 1. The van der Waals surface area contributed by atoms with E-state index in [-0.39, 0.29) is 18.6 Å². The number of terminal acetylenes is 1. The molecule has 0 aliphatic heterocycles. The van der Waals surface area contributed by atoms with Crippen molar-refractivity contribution in [2.45, 2.75) is 38.1 Å². The molecule has 0 radical (unpaired) electrons. The molecule has 0 spiro atoms. The topological polar surface area (TPSA) is 69.6 Å². The second kappa shape index (κ2) is 6.79. The molecule has 5 nitrogen and oxygen atoms in total. The number of carboxylic acids is 1. The standard InChI is InChI=1S/C12H18N2O3/c1-2-3-8-13-12(17)14(9-11(15)16)10-6-4-5-7-10/h1,10H,3-9H2,(H,13,17)(H,15,16). The highest BCUT2D eigenvalue weighted by Gasteiger charge is 2.27. The molecule has 1 rings (SSSR count). The zero-order valence-corrected chi connectivity index (χ0v) is 9.82. The third-order valence-corrected chi connectivity index (χ3v) is 2.88. The van der Waals surface area contributed by atoms with Gasteiger partial charge in [0.05, 0.1) is 0 Å². The number of amides is 2. The van der Waals surface area contributed by atoms with E-state index in [0.717, 1.165) is 25.7 Å². The van der Waals surface area contributed by atoms with Gasteiger partial charge >= 0.3 is 12.0 Å². The molecule has 1 aliphatic carbocycles. The smallest absolute Gasteiger partial charge is 0.323 e. The summed E-state index contributed by atoms with van der Waals surface area (Å²) in [6, 6.07) is -0.272. The summed E-state index contributed by atoms with van der Waals surface area (Å²) in [5, 5.41) is 11.5. The summed E-state index contributed by atoms with van der Waals surface area (Å²) >= 11 is 0. The van der Waals surface area contributed by atoms with Crippen LogP contribution in [0.3, 0.4) is 0 Å². The van der Waals surface area contributed by atoms with Crippen LogP contribution in [0.1, 0.15) is 32.1 Å². The van der Waals surface area contributed by atoms with Crippen molar-refractivity contribution in [1.29, 1.82) is 0 Å². The number of rotatable bonds is 5. The molecule has 0 aromatic rings. The minimum Gasteiger partial charge on any atom is -0.480 e. The van der Waals surface area contributed by atoms with Crippen LogP contribution in [-0.2, 0) is 4.79 Å². The highest BCUT2D eigenvalue weighted by atomic mass is 16.4. The van der Waals surface area contributed by atoms with E-state index in [2.05, 4.69) is 11.2 Å². The number of hydrogen-bond donors (Lipinski definition) is 2. The minimum absolute atomic E-state index is 0.0527. The Kier molecular flexibility index (Phi) is 5.34. The molecule has 2 amide bonds. The first-order valence-corrected chi connectivity index (χ1v) is 5.85. The van der Waals surface area contributed by atoms with Crippen molar-refractivity contribution < 1.29 is 14.7 Å². The molecule has 0 bridgehead atoms. The van der Waals surface area contributed by atoms with Gasteiger partial charge in [0.15, 0.2) is 0 Å². The number of nitrogens with zero attached hydrogens (tertiary/aromatic N) is 1. The minimum atomic E-state index is -0.982. The highest BCUT2D eigenvalue weighted by Crippen LogP contribution is 2.23.